The number of amides is 2. The second-order valence-corrected chi connectivity index (χ2v) is 7.65. The van der Waals surface area contributed by atoms with Crippen molar-refractivity contribution in [1.82, 2.24) is 4.98 Å². The van der Waals surface area contributed by atoms with Crippen LogP contribution in [0.1, 0.15) is 31.9 Å². The number of hydrogen-bond donors (Lipinski definition) is 0. The van der Waals surface area contributed by atoms with E-state index in [-0.39, 0.29) is 0 Å². The predicted molar refractivity (Wildman–Crippen MR) is 102 cm³/mol. The molecule has 1 aromatic heterocycles. The van der Waals surface area contributed by atoms with Gasteiger partial charge in [-0.25, -0.2) is 9.69 Å². The van der Waals surface area contributed by atoms with Crippen LogP contribution >= 0.6 is 23.2 Å². The van der Waals surface area contributed by atoms with Crippen LogP contribution in [0.2, 0.25) is 10.0 Å². The summed E-state index contributed by atoms with van der Waals surface area (Å²) in [5.41, 5.74) is 1.22. The number of imide groups is 1. The van der Waals surface area contributed by atoms with E-state index in [1.807, 2.05) is 0 Å². The van der Waals surface area contributed by atoms with Crippen LogP contribution in [0.25, 0.3) is 11.6 Å². The number of pyridine rings is 1. The van der Waals surface area contributed by atoms with E-state index in [2.05, 4.69) is 4.98 Å². The van der Waals surface area contributed by atoms with Gasteiger partial charge in [0, 0.05) is 23.0 Å². The highest BCUT2D eigenvalue weighted by Gasteiger charge is 2.39. The Morgan fingerprint density at radius 1 is 1.15 bits per heavy atom. The molecule has 0 atom stereocenters. The van der Waals surface area contributed by atoms with Gasteiger partial charge >= 0.3 is 6.09 Å². The number of anilines is 1. The molecule has 5 nitrogen and oxygen atoms in total. The summed E-state index contributed by atoms with van der Waals surface area (Å²) in [5, 5.41) is 0.862. The molecule has 0 N–H and O–H groups in total. The topological polar surface area (TPSA) is 59.5 Å². The normalized spacial score (nSPS) is 15.3. The number of hydrogen-bond acceptors (Lipinski definition) is 4. The molecule has 26 heavy (non-hydrogen) atoms. The van der Waals surface area contributed by atoms with E-state index in [0.29, 0.717) is 32.4 Å². The quantitative estimate of drug-likeness (QED) is 0.626. The van der Waals surface area contributed by atoms with Crippen molar-refractivity contribution >= 4 is 52.5 Å². The number of benzene rings is 1. The van der Waals surface area contributed by atoms with Gasteiger partial charge in [0.2, 0.25) is 0 Å². The van der Waals surface area contributed by atoms with Crippen LogP contribution in [0.15, 0.2) is 36.7 Å². The van der Waals surface area contributed by atoms with E-state index in [4.69, 9.17) is 27.9 Å². The van der Waals surface area contributed by atoms with E-state index >= 15 is 0 Å². The van der Waals surface area contributed by atoms with Crippen molar-refractivity contribution in [2.24, 2.45) is 0 Å². The average molecular weight is 391 g/mol. The SMILES string of the molecule is CC(C)(C)OC(=O)N1C(=O)/C(=C/c2cncc(Cl)c2)c2ccc(Cl)cc21. The molecule has 1 aliphatic rings. The van der Waals surface area contributed by atoms with Crippen molar-refractivity contribution in [3.8, 4) is 0 Å². The Kier molecular flexibility index (Phi) is 4.78. The molecule has 2 aromatic rings. The number of aromatic nitrogens is 1. The van der Waals surface area contributed by atoms with Crippen LogP contribution in [0.3, 0.4) is 0 Å². The minimum atomic E-state index is -0.751. The van der Waals surface area contributed by atoms with Crippen LogP contribution in [-0.2, 0) is 9.53 Å². The number of carbonyl (C=O) groups is 2. The third kappa shape index (κ3) is 3.74. The van der Waals surface area contributed by atoms with Crippen LogP contribution < -0.4 is 4.90 Å². The number of carbonyl (C=O) groups excluding carboxylic acids is 2. The van der Waals surface area contributed by atoms with Crippen LogP contribution in [-0.4, -0.2) is 22.6 Å². The van der Waals surface area contributed by atoms with Crippen molar-refractivity contribution in [2.75, 3.05) is 4.90 Å². The third-order valence-electron chi connectivity index (χ3n) is 3.54. The molecular weight excluding hydrogens is 375 g/mol. The lowest BCUT2D eigenvalue weighted by molar-refractivity contribution is -0.112. The van der Waals surface area contributed by atoms with Gasteiger partial charge in [-0.05, 0) is 50.6 Å². The van der Waals surface area contributed by atoms with E-state index in [1.54, 1.807) is 57.3 Å². The second kappa shape index (κ2) is 6.74. The Balaban J connectivity index is 2.09. The first-order valence-electron chi connectivity index (χ1n) is 7.85. The molecule has 0 saturated carbocycles. The van der Waals surface area contributed by atoms with Crippen molar-refractivity contribution in [1.29, 1.82) is 0 Å². The molecule has 0 saturated heterocycles. The fraction of sp³-hybridized carbons (Fsp3) is 0.211. The maximum Gasteiger partial charge on any atom is 0.422 e. The first kappa shape index (κ1) is 18.4. The summed E-state index contributed by atoms with van der Waals surface area (Å²) in [4.78, 5) is 30.5. The number of rotatable bonds is 1. The molecule has 0 fully saturated rings. The highest BCUT2D eigenvalue weighted by atomic mass is 35.5. The molecule has 1 aromatic carbocycles. The highest BCUT2D eigenvalue weighted by molar-refractivity contribution is 6.42. The summed E-state index contributed by atoms with van der Waals surface area (Å²) in [6.07, 6.45) is 3.97. The zero-order valence-corrected chi connectivity index (χ0v) is 15.9. The maximum atomic E-state index is 13.0. The largest absolute Gasteiger partial charge is 0.443 e. The van der Waals surface area contributed by atoms with Gasteiger partial charge in [0.1, 0.15) is 5.60 Å². The van der Waals surface area contributed by atoms with Crippen LogP contribution in [0.4, 0.5) is 10.5 Å². The van der Waals surface area contributed by atoms with Gasteiger partial charge in [-0.2, -0.15) is 0 Å². The molecule has 0 unspecified atom stereocenters. The number of nitrogens with zero attached hydrogens (tertiary/aromatic N) is 2. The fourth-order valence-corrected chi connectivity index (χ4v) is 2.91. The zero-order valence-electron chi connectivity index (χ0n) is 14.4. The molecule has 0 spiro atoms. The van der Waals surface area contributed by atoms with Crippen molar-refractivity contribution in [3.63, 3.8) is 0 Å². The maximum absolute atomic E-state index is 13.0. The minimum absolute atomic E-state index is 0.339. The summed E-state index contributed by atoms with van der Waals surface area (Å²) in [6.45, 7) is 5.20. The Hall–Kier alpha value is -2.37. The first-order chi connectivity index (χ1) is 12.2. The number of fused-ring (bicyclic) bond motifs is 1. The van der Waals surface area contributed by atoms with E-state index in [9.17, 15) is 9.59 Å². The molecule has 7 heteroatoms. The summed E-state index contributed by atoms with van der Waals surface area (Å²) < 4.78 is 5.37. The number of halogens is 2. The van der Waals surface area contributed by atoms with Crippen molar-refractivity contribution in [3.05, 3.63) is 57.8 Å². The predicted octanol–water partition coefficient (Wildman–Crippen LogP) is 5.21. The van der Waals surface area contributed by atoms with E-state index in [1.165, 1.54) is 6.20 Å². The van der Waals surface area contributed by atoms with Crippen LogP contribution in [0, 0.1) is 0 Å². The summed E-state index contributed by atoms with van der Waals surface area (Å²) >= 11 is 12.0. The Morgan fingerprint density at radius 2 is 1.88 bits per heavy atom. The Morgan fingerprint density at radius 3 is 2.54 bits per heavy atom. The van der Waals surface area contributed by atoms with Gasteiger partial charge in [-0.15, -0.1) is 0 Å². The van der Waals surface area contributed by atoms with E-state index < -0.39 is 17.6 Å². The Bertz CT molecular complexity index is 933. The fourth-order valence-electron chi connectivity index (χ4n) is 2.56. The summed E-state index contributed by atoms with van der Waals surface area (Å²) in [7, 11) is 0. The monoisotopic (exact) mass is 390 g/mol. The molecule has 2 amide bonds. The van der Waals surface area contributed by atoms with Gasteiger partial charge in [-0.3, -0.25) is 9.78 Å². The first-order valence-corrected chi connectivity index (χ1v) is 8.61. The van der Waals surface area contributed by atoms with Crippen LogP contribution in [0.5, 0.6) is 0 Å². The third-order valence-corrected chi connectivity index (χ3v) is 3.98. The lowest BCUT2D eigenvalue weighted by Crippen LogP contribution is -2.38. The lowest BCUT2D eigenvalue weighted by atomic mass is 10.0. The Labute approximate surface area is 161 Å². The van der Waals surface area contributed by atoms with E-state index in [0.717, 1.165) is 4.90 Å². The molecule has 0 bridgehead atoms. The molecule has 0 aliphatic carbocycles. The number of ether oxygens (including phenoxy) is 1. The summed E-state index contributed by atoms with van der Waals surface area (Å²) in [6, 6.07) is 6.61. The molecular formula is C19H16Cl2N2O3. The molecule has 2 heterocycles. The second-order valence-electron chi connectivity index (χ2n) is 6.78. The van der Waals surface area contributed by atoms with Crippen molar-refractivity contribution in [2.45, 2.75) is 26.4 Å². The molecule has 134 valence electrons. The van der Waals surface area contributed by atoms with Gasteiger partial charge in [0.25, 0.3) is 5.91 Å². The molecule has 0 radical (unpaired) electrons. The molecule has 1 aliphatic heterocycles. The standard InChI is InChI=1S/C19H16Cl2N2O3/c1-19(2,3)26-18(25)23-16-8-12(20)4-5-14(16)15(17(23)24)7-11-6-13(21)10-22-9-11/h4-10H,1-3H3/b15-7+. The molecule has 3 rings (SSSR count). The van der Waals surface area contributed by atoms with Gasteiger partial charge in [0.15, 0.2) is 0 Å². The average Bonchev–Trinajstić information content (AvgIpc) is 2.77. The summed E-state index contributed by atoms with van der Waals surface area (Å²) in [5.74, 6) is -0.489. The lowest BCUT2D eigenvalue weighted by Gasteiger charge is -2.23. The van der Waals surface area contributed by atoms with Gasteiger partial charge in [0.05, 0.1) is 16.3 Å². The minimum Gasteiger partial charge on any atom is -0.443 e. The smallest absolute Gasteiger partial charge is 0.422 e. The zero-order chi connectivity index (χ0) is 19.1. The van der Waals surface area contributed by atoms with Crippen molar-refractivity contribution < 1.29 is 14.3 Å². The van der Waals surface area contributed by atoms with Gasteiger partial charge in [-0.1, -0.05) is 29.3 Å². The van der Waals surface area contributed by atoms with Gasteiger partial charge < -0.3 is 4.74 Å². The highest BCUT2D eigenvalue weighted by Crippen LogP contribution is 2.40.